The third-order valence-corrected chi connectivity index (χ3v) is 5.93. The number of hydrogen-bond acceptors (Lipinski definition) is 4. The van der Waals surface area contributed by atoms with Crippen molar-refractivity contribution >= 4 is 44.4 Å². The van der Waals surface area contributed by atoms with E-state index >= 15 is 0 Å². The molecular weight excluding hydrogens is 336 g/mol. The van der Waals surface area contributed by atoms with Crippen LogP contribution in [0.1, 0.15) is 23.1 Å². The number of rotatable bonds is 5. The van der Waals surface area contributed by atoms with Crippen LogP contribution < -0.4 is 5.32 Å². The number of carbonyl (C=O) groups excluding carboxylic acids is 1. The number of nitrogens with one attached hydrogen (secondary N) is 1. The number of amides is 1. The van der Waals surface area contributed by atoms with Gasteiger partial charge in [0.15, 0.2) is 5.13 Å². The second-order valence-electron chi connectivity index (χ2n) is 5.86. The molecule has 0 fully saturated rings. The second kappa shape index (κ2) is 7.36. The number of thiazole rings is 1. The minimum Gasteiger partial charge on any atom is -0.302 e. The second-order valence-corrected chi connectivity index (χ2v) is 8.02. The van der Waals surface area contributed by atoms with Crippen molar-refractivity contribution in [3.8, 4) is 0 Å². The SMILES string of the molecule is Cc1ccc(SCCC(=O)Nc2nc3c(C)ccc(C)c3s2)cc1. The highest BCUT2D eigenvalue weighted by atomic mass is 32.2. The molecule has 5 heteroatoms. The Hall–Kier alpha value is -1.85. The van der Waals surface area contributed by atoms with Crippen molar-refractivity contribution in [1.82, 2.24) is 4.98 Å². The summed E-state index contributed by atoms with van der Waals surface area (Å²) < 4.78 is 1.15. The fourth-order valence-corrected chi connectivity index (χ4v) is 4.27. The molecule has 3 aromatic rings. The molecule has 1 amide bonds. The van der Waals surface area contributed by atoms with Gasteiger partial charge in [0.1, 0.15) is 0 Å². The number of aromatic nitrogens is 1. The fourth-order valence-electron chi connectivity index (χ4n) is 2.39. The van der Waals surface area contributed by atoms with E-state index in [9.17, 15) is 4.79 Å². The number of anilines is 1. The molecule has 3 rings (SSSR count). The normalized spacial score (nSPS) is 11.0. The van der Waals surface area contributed by atoms with Gasteiger partial charge in [0, 0.05) is 17.1 Å². The molecule has 1 heterocycles. The lowest BCUT2D eigenvalue weighted by Crippen LogP contribution is -2.11. The van der Waals surface area contributed by atoms with Gasteiger partial charge >= 0.3 is 0 Å². The van der Waals surface area contributed by atoms with Crippen LogP contribution in [0, 0.1) is 20.8 Å². The van der Waals surface area contributed by atoms with Gasteiger partial charge in [-0.05, 0) is 44.0 Å². The number of hydrogen-bond donors (Lipinski definition) is 1. The van der Waals surface area contributed by atoms with Gasteiger partial charge in [-0.3, -0.25) is 4.79 Å². The molecule has 0 saturated heterocycles. The van der Waals surface area contributed by atoms with Crippen LogP contribution in [0.3, 0.4) is 0 Å². The summed E-state index contributed by atoms with van der Waals surface area (Å²) >= 11 is 3.25. The van der Waals surface area contributed by atoms with Crippen LogP contribution in [-0.4, -0.2) is 16.6 Å². The lowest BCUT2D eigenvalue weighted by molar-refractivity contribution is -0.115. The van der Waals surface area contributed by atoms with E-state index in [-0.39, 0.29) is 5.91 Å². The van der Waals surface area contributed by atoms with Gasteiger partial charge in [0.2, 0.25) is 5.91 Å². The maximum atomic E-state index is 12.1. The lowest BCUT2D eigenvalue weighted by atomic mass is 10.1. The Morgan fingerprint density at radius 2 is 1.79 bits per heavy atom. The van der Waals surface area contributed by atoms with Crippen LogP contribution in [0.4, 0.5) is 5.13 Å². The van der Waals surface area contributed by atoms with Gasteiger partial charge in [-0.1, -0.05) is 41.2 Å². The zero-order valence-electron chi connectivity index (χ0n) is 14.1. The zero-order chi connectivity index (χ0) is 17.1. The molecule has 0 aliphatic rings. The first-order valence-corrected chi connectivity index (χ1v) is 9.69. The molecule has 1 N–H and O–H groups in total. The molecule has 0 aliphatic heterocycles. The van der Waals surface area contributed by atoms with Gasteiger partial charge in [-0.2, -0.15) is 0 Å². The van der Waals surface area contributed by atoms with E-state index in [1.165, 1.54) is 16.0 Å². The first kappa shape index (κ1) is 17.0. The van der Waals surface area contributed by atoms with Crippen molar-refractivity contribution in [2.75, 3.05) is 11.1 Å². The average molecular weight is 357 g/mol. The smallest absolute Gasteiger partial charge is 0.226 e. The number of nitrogens with zero attached hydrogens (tertiary/aromatic N) is 1. The topological polar surface area (TPSA) is 42.0 Å². The van der Waals surface area contributed by atoms with Crippen LogP contribution in [0.2, 0.25) is 0 Å². The maximum Gasteiger partial charge on any atom is 0.226 e. The van der Waals surface area contributed by atoms with Gasteiger partial charge in [-0.25, -0.2) is 4.98 Å². The Morgan fingerprint density at radius 1 is 1.08 bits per heavy atom. The van der Waals surface area contributed by atoms with Gasteiger partial charge in [0.05, 0.1) is 10.2 Å². The molecule has 0 bridgehead atoms. The van der Waals surface area contributed by atoms with Gasteiger partial charge < -0.3 is 5.32 Å². The van der Waals surface area contributed by atoms with Crippen molar-refractivity contribution in [2.45, 2.75) is 32.1 Å². The van der Waals surface area contributed by atoms with Crippen LogP contribution in [0.5, 0.6) is 0 Å². The minimum atomic E-state index is 0.0176. The monoisotopic (exact) mass is 356 g/mol. The minimum absolute atomic E-state index is 0.0176. The lowest BCUT2D eigenvalue weighted by Gasteiger charge is -2.03. The predicted molar refractivity (Wildman–Crippen MR) is 104 cm³/mol. The molecule has 0 unspecified atom stereocenters. The Morgan fingerprint density at radius 3 is 2.50 bits per heavy atom. The molecule has 3 nitrogen and oxygen atoms in total. The Kier molecular flexibility index (Phi) is 5.21. The molecule has 0 spiro atoms. The Balaban J connectivity index is 1.58. The van der Waals surface area contributed by atoms with Crippen LogP contribution in [0.25, 0.3) is 10.2 Å². The molecule has 1 aromatic heterocycles. The van der Waals surface area contributed by atoms with Gasteiger partial charge in [-0.15, -0.1) is 11.8 Å². The summed E-state index contributed by atoms with van der Waals surface area (Å²) in [7, 11) is 0. The van der Waals surface area contributed by atoms with E-state index in [0.717, 1.165) is 21.5 Å². The molecule has 124 valence electrons. The summed E-state index contributed by atoms with van der Waals surface area (Å²) in [5.41, 5.74) is 4.58. The third-order valence-electron chi connectivity index (χ3n) is 3.81. The quantitative estimate of drug-likeness (QED) is 0.627. The number of benzene rings is 2. The van der Waals surface area contributed by atoms with Crippen molar-refractivity contribution in [2.24, 2.45) is 0 Å². The molecule has 0 atom stereocenters. The highest BCUT2D eigenvalue weighted by Crippen LogP contribution is 2.31. The van der Waals surface area contributed by atoms with E-state index in [1.807, 2.05) is 6.92 Å². The number of fused-ring (bicyclic) bond motifs is 1. The average Bonchev–Trinajstić information content (AvgIpc) is 2.98. The van der Waals surface area contributed by atoms with Crippen LogP contribution in [0.15, 0.2) is 41.3 Å². The van der Waals surface area contributed by atoms with E-state index < -0.39 is 0 Å². The molecular formula is C19H20N2OS2. The van der Waals surface area contributed by atoms with E-state index in [1.54, 1.807) is 23.1 Å². The predicted octanol–water partition coefficient (Wildman–Crippen LogP) is 5.34. The fraction of sp³-hybridized carbons (Fsp3) is 0.263. The third kappa shape index (κ3) is 3.97. The van der Waals surface area contributed by atoms with Gasteiger partial charge in [0.25, 0.3) is 0 Å². The summed E-state index contributed by atoms with van der Waals surface area (Å²) in [6.07, 6.45) is 0.479. The number of carbonyl (C=O) groups is 1. The molecule has 2 aromatic carbocycles. The van der Waals surface area contributed by atoms with Crippen molar-refractivity contribution in [3.63, 3.8) is 0 Å². The summed E-state index contributed by atoms with van der Waals surface area (Å²) in [4.78, 5) is 17.9. The standard InChI is InChI=1S/C19H20N2OS2/c1-12-4-8-15(9-5-12)23-11-10-16(22)20-19-21-17-13(2)6-7-14(3)18(17)24-19/h4-9H,10-11H2,1-3H3,(H,20,21,22). The summed E-state index contributed by atoms with van der Waals surface area (Å²) in [5, 5.41) is 3.62. The first-order valence-electron chi connectivity index (χ1n) is 7.89. The number of thioether (sulfide) groups is 1. The van der Waals surface area contributed by atoms with E-state index in [0.29, 0.717) is 11.6 Å². The van der Waals surface area contributed by atoms with E-state index in [4.69, 9.17) is 0 Å². The molecule has 0 radical (unpaired) electrons. The van der Waals surface area contributed by atoms with Crippen LogP contribution >= 0.6 is 23.1 Å². The Labute approximate surface area is 150 Å². The largest absolute Gasteiger partial charge is 0.302 e. The highest BCUT2D eigenvalue weighted by molar-refractivity contribution is 7.99. The highest BCUT2D eigenvalue weighted by Gasteiger charge is 2.11. The summed E-state index contributed by atoms with van der Waals surface area (Å²) in [6, 6.07) is 12.5. The molecule has 0 aliphatic carbocycles. The van der Waals surface area contributed by atoms with Crippen molar-refractivity contribution in [3.05, 3.63) is 53.1 Å². The van der Waals surface area contributed by atoms with E-state index in [2.05, 4.69) is 60.5 Å². The molecule has 24 heavy (non-hydrogen) atoms. The maximum absolute atomic E-state index is 12.1. The number of aryl methyl sites for hydroxylation is 3. The van der Waals surface area contributed by atoms with Crippen LogP contribution in [-0.2, 0) is 4.79 Å². The summed E-state index contributed by atoms with van der Waals surface area (Å²) in [6.45, 7) is 6.19. The zero-order valence-corrected chi connectivity index (χ0v) is 15.7. The summed E-state index contributed by atoms with van der Waals surface area (Å²) in [5.74, 6) is 0.779. The van der Waals surface area contributed by atoms with Crippen molar-refractivity contribution < 1.29 is 4.79 Å². The first-order chi connectivity index (χ1) is 11.5. The van der Waals surface area contributed by atoms with Crippen molar-refractivity contribution in [1.29, 1.82) is 0 Å². The Bertz CT molecular complexity index is 830. The molecule has 0 saturated carbocycles.